The highest BCUT2D eigenvalue weighted by Gasteiger charge is 2.15. The maximum atomic E-state index is 9.36. The Morgan fingerprint density at radius 3 is 2.69 bits per heavy atom. The van der Waals surface area contributed by atoms with Gasteiger partial charge in [0.25, 0.3) is 0 Å². The SMILES string of the molecule is Cc1ccc(SC2CCCCC2)c(CO)c1. The van der Waals surface area contributed by atoms with E-state index >= 15 is 0 Å². The van der Waals surface area contributed by atoms with Crippen molar-refractivity contribution in [3.05, 3.63) is 29.3 Å². The lowest BCUT2D eigenvalue weighted by molar-refractivity contribution is 0.279. The standard InChI is InChI=1S/C14H20OS/c1-11-7-8-14(12(9-11)10-15)16-13-5-3-2-4-6-13/h7-9,13,15H,2-6,10H2,1H3. The first-order chi connectivity index (χ1) is 7.79. The van der Waals surface area contributed by atoms with Crippen molar-refractivity contribution in [3.8, 4) is 0 Å². The number of hydrogen-bond acceptors (Lipinski definition) is 2. The van der Waals surface area contributed by atoms with Gasteiger partial charge in [-0.25, -0.2) is 0 Å². The van der Waals surface area contributed by atoms with E-state index in [0.29, 0.717) is 0 Å². The van der Waals surface area contributed by atoms with E-state index in [4.69, 9.17) is 0 Å². The summed E-state index contributed by atoms with van der Waals surface area (Å²) in [6, 6.07) is 6.41. The predicted molar refractivity (Wildman–Crippen MR) is 69.8 cm³/mol. The number of rotatable bonds is 3. The van der Waals surface area contributed by atoms with Gasteiger partial charge >= 0.3 is 0 Å². The van der Waals surface area contributed by atoms with Gasteiger partial charge in [-0.15, -0.1) is 11.8 Å². The number of hydrogen-bond donors (Lipinski definition) is 1. The molecule has 1 nitrogen and oxygen atoms in total. The fourth-order valence-corrected chi connectivity index (χ4v) is 3.66. The molecule has 1 N–H and O–H groups in total. The van der Waals surface area contributed by atoms with Crippen LogP contribution in [-0.2, 0) is 6.61 Å². The molecule has 2 heteroatoms. The molecule has 1 aromatic carbocycles. The highest BCUT2D eigenvalue weighted by molar-refractivity contribution is 8.00. The minimum Gasteiger partial charge on any atom is -0.392 e. The highest BCUT2D eigenvalue weighted by atomic mass is 32.2. The molecule has 1 aliphatic rings. The van der Waals surface area contributed by atoms with Gasteiger partial charge in [0.05, 0.1) is 6.61 Å². The molecule has 0 spiro atoms. The molecule has 2 rings (SSSR count). The monoisotopic (exact) mass is 236 g/mol. The van der Waals surface area contributed by atoms with Crippen molar-refractivity contribution in [2.75, 3.05) is 0 Å². The lowest BCUT2D eigenvalue weighted by Crippen LogP contribution is -2.08. The Labute approximate surface area is 102 Å². The van der Waals surface area contributed by atoms with Crippen LogP contribution in [0.3, 0.4) is 0 Å². The van der Waals surface area contributed by atoms with Crippen LogP contribution in [0.2, 0.25) is 0 Å². The summed E-state index contributed by atoms with van der Waals surface area (Å²) in [5, 5.41) is 10.1. The molecule has 16 heavy (non-hydrogen) atoms. The number of aliphatic hydroxyl groups excluding tert-OH is 1. The smallest absolute Gasteiger partial charge is 0.0692 e. The molecule has 0 amide bonds. The fraction of sp³-hybridized carbons (Fsp3) is 0.571. The Morgan fingerprint density at radius 2 is 2.00 bits per heavy atom. The summed E-state index contributed by atoms with van der Waals surface area (Å²) < 4.78 is 0. The van der Waals surface area contributed by atoms with E-state index in [-0.39, 0.29) is 6.61 Å². The molecule has 1 aliphatic carbocycles. The molecular formula is C14H20OS. The lowest BCUT2D eigenvalue weighted by atomic mass is 10.0. The Bertz CT molecular complexity index is 343. The third-order valence-corrected chi connectivity index (χ3v) is 4.69. The number of benzene rings is 1. The topological polar surface area (TPSA) is 20.2 Å². The number of thioether (sulfide) groups is 1. The minimum absolute atomic E-state index is 0.163. The van der Waals surface area contributed by atoms with Gasteiger partial charge in [-0.3, -0.25) is 0 Å². The quantitative estimate of drug-likeness (QED) is 0.858. The molecule has 0 bridgehead atoms. The summed E-state index contributed by atoms with van der Waals surface area (Å²) in [4.78, 5) is 1.28. The van der Waals surface area contributed by atoms with Crippen LogP contribution in [0.4, 0.5) is 0 Å². The third kappa shape index (κ3) is 3.02. The number of aryl methyl sites for hydroxylation is 1. The van der Waals surface area contributed by atoms with E-state index in [1.54, 1.807) is 0 Å². The zero-order chi connectivity index (χ0) is 11.4. The Kier molecular flexibility index (Phi) is 4.30. The molecule has 0 radical (unpaired) electrons. The Hall–Kier alpha value is -0.470. The van der Waals surface area contributed by atoms with Crippen LogP contribution in [-0.4, -0.2) is 10.4 Å². The van der Waals surface area contributed by atoms with E-state index in [1.807, 2.05) is 11.8 Å². The van der Waals surface area contributed by atoms with Gasteiger partial charge in [0, 0.05) is 10.1 Å². The molecule has 88 valence electrons. The molecule has 1 saturated carbocycles. The summed E-state index contributed by atoms with van der Waals surface area (Å²) in [7, 11) is 0. The molecule has 1 fully saturated rings. The third-order valence-electron chi connectivity index (χ3n) is 3.23. The summed E-state index contributed by atoms with van der Waals surface area (Å²) >= 11 is 1.96. The van der Waals surface area contributed by atoms with Gasteiger partial charge in [-0.05, 0) is 31.4 Å². The second kappa shape index (κ2) is 5.74. The van der Waals surface area contributed by atoms with Gasteiger partial charge in [-0.1, -0.05) is 37.0 Å². The van der Waals surface area contributed by atoms with Crippen molar-refractivity contribution in [2.24, 2.45) is 0 Å². The fourth-order valence-electron chi connectivity index (χ4n) is 2.31. The van der Waals surface area contributed by atoms with Gasteiger partial charge in [-0.2, -0.15) is 0 Å². The first-order valence-electron chi connectivity index (χ1n) is 6.16. The van der Waals surface area contributed by atoms with Crippen LogP contribution < -0.4 is 0 Å². The zero-order valence-corrected chi connectivity index (χ0v) is 10.7. The van der Waals surface area contributed by atoms with Crippen LogP contribution in [0.15, 0.2) is 23.1 Å². The van der Waals surface area contributed by atoms with Crippen molar-refractivity contribution in [3.63, 3.8) is 0 Å². The van der Waals surface area contributed by atoms with Crippen molar-refractivity contribution in [1.82, 2.24) is 0 Å². The van der Waals surface area contributed by atoms with Crippen molar-refractivity contribution in [1.29, 1.82) is 0 Å². The van der Waals surface area contributed by atoms with Gasteiger partial charge in [0.1, 0.15) is 0 Å². The first kappa shape index (κ1) is 12.0. The molecule has 0 aromatic heterocycles. The van der Waals surface area contributed by atoms with Crippen LogP contribution in [0.25, 0.3) is 0 Å². The van der Waals surface area contributed by atoms with Crippen molar-refractivity contribution < 1.29 is 5.11 Å². The molecule has 0 atom stereocenters. The van der Waals surface area contributed by atoms with Gasteiger partial charge in [0.2, 0.25) is 0 Å². The Morgan fingerprint density at radius 1 is 1.25 bits per heavy atom. The molecular weight excluding hydrogens is 216 g/mol. The normalized spacial score (nSPS) is 17.6. The average Bonchev–Trinajstić information content (AvgIpc) is 2.33. The maximum absolute atomic E-state index is 9.36. The molecule has 1 aromatic rings. The van der Waals surface area contributed by atoms with E-state index in [9.17, 15) is 5.11 Å². The summed E-state index contributed by atoms with van der Waals surface area (Å²) in [6.45, 7) is 2.24. The van der Waals surface area contributed by atoms with E-state index < -0.39 is 0 Å². The van der Waals surface area contributed by atoms with Crippen LogP contribution in [0, 0.1) is 6.92 Å². The van der Waals surface area contributed by atoms with Crippen LogP contribution in [0.1, 0.15) is 43.2 Å². The van der Waals surface area contributed by atoms with Crippen LogP contribution in [0.5, 0.6) is 0 Å². The first-order valence-corrected chi connectivity index (χ1v) is 7.04. The second-order valence-corrected chi connectivity index (χ2v) is 5.99. The highest BCUT2D eigenvalue weighted by Crippen LogP contribution is 2.35. The lowest BCUT2D eigenvalue weighted by Gasteiger charge is -2.22. The predicted octanol–water partition coefficient (Wildman–Crippen LogP) is 3.91. The second-order valence-electron chi connectivity index (χ2n) is 4.65. The van der Waals surface area contributed by atoms with Crippen LogP contribution >= 0.6 is 11.8 Å². The molecule has 0 saturated heterocycles. The molecule has 0 unspecified atom stereocenters. The Balaban J connectivity index is 2.07. The summed E-state index contributed by atoms with van der Waals surface area (Å²) in [6.07, 6.45) is 6.82. The molecule has 0 aliphatic heterocycles. The van der Waals surface area contributed by atoms with E-state index in [0.717, 1.165) is 10.8 Å². The van der Waals surface area contributed by atoms with Gasteiger partial charge in [0.15, 0.2) is 0 Å². The molecule has 0 heterocycles. The average molecular weight is 236 g/mol. The summed E-state index contributed by atoms with van der Waals surface area (Å²) in [5.41, 5.74) is 2.33. The minimum atomic E-state index is 0.163. The maximum Gasteiger partial charge on any atom is 0.0692 e. The van der Waals surface area contributed by atoms with E-state index in [2.05, 4.69) is 25.1 Å². The van der Waals surface area contributed by atoms with E-state index in [1.165, 1.54) is 42.6 Å². The number of aliphatic hydroxyl groups is 1. The van der Waals surface area contributed by atoms with Crippen molar-refractivity contribution in [2.45, 2.75) is 55.8 Å². The van der Waals surface area contributed by atoms with Crippen molar-refractivity contribution >= 4 is 11.8 Å². The summed E-state index contributed by atoms with van der Waals surface area (Å²) in [5.74, 6) is 0. The van der Waals surface area contributed by atoms with Gasteiger partial charge < -0.3 is 5.11 Å². The zero-order valence-electron chi connectivity index (χ0n) is 9.91. The largest absolute Gasteiger partial charge is 0.392 e.